The monoisotopic (exact) mass is 429 g/mol. The van der Waals surface area contributed by atoms with E-state index in [1.54, 1.807) is 12.1 Å². The van der Waals surface area contributed by atoms with Crippen LogP contribution in [0.15, 0.2) is 79.1 Å². The van der Waals surface area contributed by atoms with E-state index in [1.807, 2.05) is 48.1 Å². The Hall–Kier alpha value is -3.93. The second-order valence-corrected chi connectivity index (χ2v) is 7.69. The van der Waals surface area contributed by atoms with Crippen LogP contribution in [-0.4, -0.2) is 14.5 Å². The number of halogens is 3. The molecule has 0 amide bonds. The van der Waals surface area contributed by atoms with Gasteiger partial charge in [0, 0.05) is 18.9 Å². The van der Waals surface area contributed by atoms with E-state index in [4.69, 9.17) is 0 Å². The van der Waals surface area contributed by atoms with Gasteiger partial charge in [-0.15, -0.1) is 0 Å². The highest BCUT2D eigenvalue weighted by Gasteiger charge is 2.17. The molecule has 0 atom stereocenters. The zero-order valence-corrected chi connectivity index (χ0v) is 17.2. The minimum atomic E-state index is -0.952. The Morgan fingerprint density at radius 3 is 2.38 bits per heavy atom. The molecule has 0 saturated carbocycles. The van der Waals surface area contributed by atoms with Crippen molar-refractivity contribution in [2.45, 2.75) is 13.5 Å². The maximum absolute atomic E-state index is 14.1. The van der Waals surface area contributed by atoms with E-state index in [-0.39, 0.29) is 17.2 Å². The molecule has 2 aliphatic heterocycles. The Bertz CT molecular complexity index is 1390. The number of aryl methyl sites for hydroxylation is 1. The van der Waals surface area contributed by atoms with E-state index in [2.05, 4.69) is 9.97 Å². The molecule has 0 saturated heterocycles. The Balaban J connectivity index is 1.40. The smallest absolute Gasteiger partial charge is 0.169 e. The standard InChI is InChI=1S/C26H18F3N3/c1-16-13-19(27)9-10-20(16)18-7-5-17(6-8-18)14-32-12-11-23-24(15-32)31-26(30-23)21-3-2-4-22(28)25(21)29/h2-13,15H,14H2,1H3. The molecule has 0 N–H and O–H groups in total. The predicted octanol–water partition coefficient (Wildman–Crippen LogP) is 6.49. The van der Waals surface area contributed by atoms with E-state index >= 15 is 0 Å². The Morgan fingerprint density at radius 1 is 0.812 bits per heavy atom. The summed E-state index contributed by atoms with van der Waals surface area (Å²) in [5.41, 5.74) is 5.24. The third kappa shape index (κ3) is 3.75. The van der Waals surface area contributed by atoms with Crippen LogP contribution in [0.5, 0.6) is 0 Å². The highest BCUT2D eigenvalue weighted by Crippen LogP contribution is 2.28. The first-order valence-corrected chi connectivity index (χ1v) is 10.1. The molecule has 3 nitrogen and oxygen atoms in total. The second-order valence-electron chi connectivity index (χ2n) is 7.69. The van der Waals surface area contributed by atoms with Crippen LogP contribution in [0, 0.1) is 24.4 Å². The van der Waals surface area contributed by atoms with Gasteiger partial charge in [-0.25, -0.2) is 23.1 Å². The summed E-state index contributed by atoms with van der Waals surface area (Å²) in [6.07, 6.45) is 3.71. The van der Waals surface area contributed by atoms with Crippen molar-refractivity contribution >= 4 is 0 Å². The molecule has 3 aromatic carbocycles. The number of fused-ring (bicyclic) bond motifs is 1. The fraction of sp³-hybridized carbons (Fsp3) is 0.0769. The van der Waals surface area contributed by atoms with E-state index < -0.39 is 11.6 Å². The topological polar surface area (TPSA) is 30.7 Å². The van der Waals surface area contributed by atoms with Crippen molar-refractivity contribution in [1.82, 2.24) is 14.5 Å². The minimum absolute atomic E-state index is 0.0411. The van der Waals surface area contributed by atoms with Crippen molar-refractivity contribution in [2.24, 2.45) is 0 Å². The van der Waals surface area contributed by atoms with Gasteiger partial charge in [-0.3, -0.25) is 0 Å². The second kappa shape index (κ2) is 7.96. The minimum Gasteiger partial charge on any atom is -0.348 e. The summed E-state index contributed by atoms with van der Waals surface area (Å²) >= 11 is 0. The van der Waals surface area contributed by atoms with E-state index in [0.717, 1.165) is 28.3 Å². The summed E-state index contributed by atoms with van der Waals surface area (Å²) in [7, 11) is 0. The average molecular weight is 429 g/mol. The van der Waals surface area contributed by atoms with Crippen LogP contribution in [-0.2, 0) is 6.54 Å². The van der Waals surface area contributed by atoms with Gasteiger partial charge in [0.05, 0.1) is 11.3 Å². The van der Waals surface area contributed by atoms with Crippen LogP contribution >= 0.6 is 0 Å². The number of hydrogen-bond acceptors (Lipinski definition) is 2. The van der Waals surface area contributed by atoms with Crippen molar-refractivity contribution in [3.63, 3.8) is 0 Å². The van der Waals surface area contributed by atoms with Gasteiger partial charge in [0.15, 0.2) is 17.5 Å². The quantitative estimate of drug-likeness (QED) is 0.327. The molecule has 0 spiro atoms. The fourth-order valence-corrected chi connectivity index (χ4v) is 3.80. The molecule has 32 heavy (non-hydrogen) atoms. The first kappa shape index (κ1) is 20.0. The van der Waals surface area contributed by atoms with E-state index in [1.165, 1.54) is 24.3 Å². The first-order chi connectivity index (χ1) is 15.5. The number of pyridine rings is 1. The summed E-state index contributed by atoms with van der Waals surface area (Å²) < 4.78 is 43.0. The molecule has 6 heteroatoms. The highest BCUT2D eigenvalue weighted by atomic mass is 19.2. The Kier molecular flexibility index (Phi) is 4.98. The summed E-state index contributed by atoms with van der Waals surface area (Å²) in [6, 6.07) is 18.6. The van der Waals surface area contributed by atoms with Gasteiger partial charge in [-0.05, 0) is 59.5 Å². The van der Waals surface area contributed by atoms with Gasteiger partial charge < -0.3 is 4.57 Å². The van der Waals surface area contributed by atoms with Gasteiger partial charge in [0.25, 0.3) is 0 Å². The third-order valence-electron chi connectivity index (χ3n) is 5.44. The van der Waals surface area contributed by atoms with Crippen molar-refractivity contribution < 1.29 is 13.2 Å². The number of hydrogen-bond donors (Lipinski definition) is 0. The molecule has 0 radical (unpaired) electrons. The molecule has 158 valence electrons. The number of aromatic nitrogens is 3. The van der Waals surface area contributed by atoms with Gasteiger partial charge in [0.1, 0.15) is 11.5 Å². The summed E-state index contributed by atoms with van der Waals surface area (Å²) in [5, 5.41) is 0. The molecule has 0 bridgehead atoms. The normalized spacial score (nSPS) is 11.2. The first-order valence-electron chi connectivity index (χ1n) is 10.1. The molecule has 0 aliphatic carbocycles. The van der Waals surface area contributed by atoms with Crippen LogP contribution < -0.4 is 0 Å². The van der Waals surface area contributed by atoms with Crippen molar-refractivity contribution in [3.8, 4) is 33.9 Å². The molecular formula is C26H18F3N3. The summed E-state index contributed by atoms with van der Waals surface area (Å²) in [5.74, 6) is -1.96. The molecule has 2 heterocycles. The van der Waals surface area contributed by atoms with Crippen LogP contribution in [0.4, 0.5) is 13.2 Å². The van der Waals surface area contributed by atoms with Crippen LogP contribution in [0.2, 0.25) is 0 Å². The number of nitrogens with zero attached hydrogens (tertiary/aromatic N) is 3. The van der Waals surface area contributed by atoms with E-state index in [9.17, 15) is 13.2 Å². The molecular weight excluding hydrogens is 411 g/mol. The maximum atomic E-state index is 14.1. The zero-order valence-electron chi connectivity index (χ0n) is 17.2. The Labute approximate surface area is 183 Å². The lowest BCUT2D eigenvalue weighted by Crippen LogP contribution is -2.01. The Morgan fingerprint density at radius 2 is 1.59 bits per heavy atom. The molecule has 0 fully saturated rings. The zero-order chi connectivity index (χ0) is 22.2. The van der Waals surface area contributed by atoms with Gasteiger partial charge >= 0.3 is 0 Å². The van der Waals surface area contributed by atoms with Gasteiger partial charge in [-0.2, -0.15) is 0 Å². The summed E-state index contributed by atoms with van der Waals surface area (Å²) in [4.78, 5) is 8.72. The largest absolute Gasteiger partial charge is 0.348 e. The molecule has 3 aromatic rings. The number of rotatable bonds is 4. The third-order valence-corrected chi connectivity index (χ3v) is 5.44. The van der Waals surface area contributed by atoms with Crippen LogP contribution in [0.3, 0.4) is 0 Å². The lowest BCUT2D eigenvalue weighted by atomic mass is 9.99. The highest BCUT2D eigenvalue weighted by molar-refractivity contribution is 5.68. The van der Waals surface area contributed by atoms with Gasteiger partial charge in [0.2, 0.25) is 0 Å². The van der Waals surface area contributed by atoms with Gasteiger partial charge in [-0.1, -0.05) is 36.4 Å². The average Bonchev–Trinajstić information content (AvgIpc) is 3.19. The lowest BCUT2D eigenvalue weighted by molar-refractivity contribution is 0.510. The summed E-state index contributed by atoms with van der Waals surface area (Å²) in [6.45, 7) is 2.50. The SMILES string of the molecule is Cc1cc(F)ccc1-c1ccc(Cn2ccc3nc(-c4cccc(F)c4F)nc-3c2)cc1. The van der Waals surface area contributed by atoms with Crippen molar-refractivity contribution in [2.75, 3.05) is 0 Å². The van der Waals surface area contributed by atoms with Crippen molar-refractivity contribution in [3.05, 3.63) is 108 Å². The fourth-order valence-electron chi connectivity index (χ4n) is 3.80. The van der Waals surface area contributed by atoms with Crippen molar-refractivity contribution in [1.29, 1.82) is 0 Å². The predicted molar refractivity (Wildman–Crippen MR) is 118 cm³/mol. The number of benzene rings is 3. The molecule has 0 aromatic heterocycles. The number of imidazole rings is 1. The van der Waals surface area contributed by atoms with Crippen LogP contribution in [0.25, 0.3) is 33.9 Å². The maximum Gasteiger partial charge on any atom is 0.169 e. The molecule has 2 aliphatic rings. The molecule has 0 unspecified atom stereocenters. The lowest BCUT2D eigenvalue weighted by Gasteiger charge is -2.10. The van der Waals surface area contributed by atoms with Crippen LogP contribution in [0.1, 0.15) is 11.1 Å². The molecule has 5 rings (SSSR count). The van der Waals surface area contributed by atoms with E-state index in [0.29, 0.717) is 17.9 Å².